The summed E-state index contributed by atoms with van der Waals surface area (Å²) in [6.07, 6.45) is -52.0. The van der Waals surface area contributed by atoms with Crippen molar-refractivity contribution >= 4 is 41.5 Å². The van der Waals surface area contributed by atoms with Crippen molar-refractivity contribution in [2.24, 2.45) is 0 Å². The van der Waals surface area contributed by atoms with Crippen molar-refractivity contribution in [3.63, 3.8) is 0 Å². The first-order chi connectivity index (χ1) is 41.7. The lowest BCUT2D eigenvalue weighted by Crippen LogP contribution is -2.71. The molecule has 0 aromatic rings. The molecule has 4 saturated heterocycles. The lowest BCUT2D eigenvalue weighted by molar-refractivity contribution is -0.358. The number of nitrogens with one attached hydrogen (secondary N) is 4. The SMILES string of the molecule is CC(=O)N[C@@H](CO)[C@@H](O[C@@H]1O[C@H](CO)[C@H](O)[C@H](O)[C@H]1O)[C@@H](O)[C@H](O)CO[C@]1(C(=O)O)C[C@H](O)[C@@H](NC(=O)CO)[C@H]([C@H](O)[C@@H](CO)O[C@]2(C(=O)O)C[C@H](O)[C@@H](NC(=O)CO)[C@H]([C@H](O)[C@@H](CO)O[C@]3(C(=O)O)C[C@H](O)[C@@H](NC(=O)CO)[C@H]([C@H](O)[C@H](O)CO)O3)O2)O1. The largest absolute Gasteiger partial charge is 0.477 e. The van der Waals surface area contributed by atoms with E-state index < -0.39 is 284 Å². The molecule has 0 bridgehead atoms. The Morgan fingerprint density at radius 2 is 0.910 bits per heavy atom. The Morgan fingerprint density at radius 1 is 0.517 bits per heavy atom. The van der Waals surface area contributed by atoms with Crippen molar-refractivity contribution in [2.45, 2.75) is 190 Å². The van der Waals surface area contributed by atoms with Crippen LogP contribution < -0.4 is 21.3 Å². The van der Waals surface area contributed by atoms with E-state index in [1.165, 1.54) is 0 Å². The molecule has 42 nitrogen and oxygen atoms in total. The molecule has 0 radical (unpaired) electrons. The van der Waals surface area contributed by atoms with Crippen LogP contribution in [0.5, 0.6) is 0 Å². The van der Waals surface area contributed by atoms with Gasteiger partial charge in [0.2, 0.25) is 23.6 Å². The van der Waals surface area contributed by atoms with Gasteiger partial charge in [-0.1, -0.05) is 0 Å². The summed E-state index contributed by atoms with van der Waals surface area (Å²) in [5, 5.41) is 253. The van der Waals surface area contributed by atoms with Gasteiger partial charge < -0.3 is 177 Å². The topological polar surface area (TPSA) is 707 Å². The molecule has 4 heterocycles. The zero-order valence-electron chi connectivity index (χ0n) is 46.8. The molecular weight excluding hydrogens is 1230 g/mol. The Hall–Kier alpha value is -4.83. The fraction of sp³-hybridized carbons (Fsp3) is 0.851. The van der Waals surface area contributed by atoms with Crippen molar-refractivity contribution in [1.82, 2.24) is 21.3 Å². The number of ether oxygens (including phenoxy) is 8. The molecular formula is C47H78N4O38. The molecule has 0 aliphatic carbocycles. The lowest BCUT2D eigenvalue weighted by Gasteiger charge is -2.50. The molecule has 4 aliphatic rings. The molecule has 0 unspecified atom stereocenters. The van der Waals surface area contributed by atoms with E-state index in [1.807, 2.05) is 16.0 Å². The van der Waals surface area contributed by atoms with Crippen LogP contribution >= 0.6 is 0 Å². The molecule has 0 saturated carbocycles. The van der Waals surface area contributed by atoms with Crippen LogP contribution in [0.3, 0.4) is 0 Å². The van der Waals surface area contributed by atoms with Crippen LogP contribution in [0.15, 0.2) is 0 Å². The van der Waals surface area contributed by atoms with Crippen LogP contribution in [0.4, 0.5) is 0 Å². The van der Waals surface area contributed by atoms with Crippen LogP contribution in [-0.4, -0.2) is 382 Å². The zero-order valence-corrected chi connectivity index (χ0v) is 46.8. The number of carbonyl (C=O) groups excluding carboxylic acids is 4. The van der Waals surface area contributed by atoms with E-state index in [1.54, 1.807) is 0 Å². The van der Waals surface area contributed by atoms with E-state index >= 15 is 0 Å². The van der Waals surface area contributed by atoms with Gasteiger partial charge in [0, 0.05) is 26.2 Å². The summed E-state index contributed by atoms with van der Waals surface area (Å²) >= 11 is 0. The monoisotopic (exact) mass is 1310 g/mol. The Labute approximate surface area is 500 Å². The maximum Gasteiger partial charge on any atom is 0.364 e. The van der Waals surface area contributed by atoms with Gasteiger partial charge in [0.25, 0.3) is 17.4 Å². The second kappa shape index (κ2) is 33.1. The van der Waals surface area contributed by atoms with E-state index in [4.69, 9.17) is 37.9 Å². The van der Waals surface area contributed by atoms with E-state index in [0.717, 1.165) is 6.92 Å². The number of hydrogen-bond acceptors (Lipinski definition) is 35. The number of carboxylic acids is 3. The highest BCUT2D eigenvalue weighted by atomic mass is 16.8. The number of aliphatic hydroxyl groups is 20. The highest BCUT2D eigenvalue weighted by Crippen LogP contribution is 2.41. The van der Waals surface area contributed by atoms with Crippen molar-refractivity contribution in [1.29, 1.82) is 0 Å². The molecule has 514 valence electrons. The number of aliphatic carboxylic acids is 3. The van der Waals surface area contributed by atoms with Gasteiger partial charge >= 0.3 is 17.9 Å². The minimum atomic E-state index is -3.66. The van der Waals surface area contributed by atoms with Gasteiger partial charge in [-0.15, -0.1) is 0 Å². The molecule has 4 aliphatic heterocycles. The predicted octanol–water partition coefficient (Wildman–Crippen LogP) is -17.2. The number of hydrogen-bond donors (Lipinski definition) is 27. The summed E-state index contributed by atoms with van der Waals surface area (Å²) in [5.41, 5.74) is 0. The summed E-state index contributed by atoms with van der Waals surface area (Å²) in [5.74, 6) is -22.5. The van der Waals surface area contributed by atoms with Crippen molar-refractivity contribution in [3.8, 4) is 0 Å². The Balaban J connectivity index is 1.76. The molecule has 27 N–H and O–H groups in total. The number of carbonyl (C=O) groups is 7. The van der Waals surface area contributed by atoms with Gasteiger partial charge in [-0.3, -0.25) is 19.2 Å². The Morgan fingerprint density at radius 3 is 1.26 bits per heavy atom. The highest BCUT2D eigenvalue weighted by Gasteiger charge is 2.63. The molecule has 4 amide bonds. The molecule has 89 heavy (non-hydrogen) atoms. The van der Waals surface area contributed by atoms with E-state index in [-0.39, 0.29) is 0 Å². The van der Waals surface area contributed by atoms with Crippen LogP contribution in [-0.2, 0) is 71.5 Å². The van der Waals surface area contributed by atoms with Crippen LogP contribution in [0, 0.1) is 0 Å². The summed E-state index contributed by atoms with van der Waals surface area (Å²) in [4.78, 5) is 89.4. The predicted molar refractivity (Wildman–Crippen MR) is 271 cm³/mol. The lowest BCUT2D eigenvalue weighted by atomic mass is 9.86. The smallest absolute Gasteiger partial charge is 0.364 e. The van der Waals surface area contributed by atoms with Crippen molar-refractivity contribution in [3.05, 3.63) is 0 Å². The Bertz CT molecular complexity index is 2350. The quantitative estimate of drug-likeness (QED) is 0.0290. The molecule has 0 aromatic heterocycles. The number of amides is 4. The first kappa shape index (κ1) is 76.6. The summed E-state index contributed by atoms with van der Waals surface area (Å²) in [6, 6.07) is -8.16. The molecule has 4 rings (SSSR count). The van der Waals surface area contributed by atoms with E-state index in [9.17, 15) is 151 Å². The van der Waals surface area contributed by atoms with Gasteiger partial charge in [0.15, 0.2) is 6.29 Å². The molecule has 0 spiro atoms. The second-order valence-electron chi connectivity index (χ2n) is 21.0. The van der Waals surface area contributed by atoms with Crippen molar-refractivity contribution in [2.75, 3.05) is 59.5 Å². The average Bonchev–Trinajstić information content (AvgIpc) is 0.820. The maximum atomic E-state index is 13.5. The first-order valence-electron chi connectivity index (χ1n) is 26.9. The number of rotatable bonds is 33. The first-order valence-corrected chi connectivity index (χ1v) is 26.9. The minimum Gasteiger partial charge on any atom is -0.477 e. The van der Waals surface area contributed by atoms with E-state index in [2.05, 4.69) is 5.32 Å². The van der Waals surface area contributed by atoms with Crippen LogP contribution in [0.25, 0.3) is 0 Å². The van der Waals surface area contributed by atoms with Gasteiger partial charge in [-0.05, 0) is 0 Å². The summed E-state index contributed by atoms with van der Waals surface area (Å²) in [6.45, 7) is -11.4. The molecule has 27 atom stereocenters. The van der Waals surface area contributed by atoms with Crippen molar-refractivity contribution < 1.29 is 189 Å². The van der Waals surface area contributed by atoms with E-state index in [0.29, 0.717) is 0 Å². The second-order valence-corrected chi connectivity index (χ2v) is 21.0. The van der Waals surface area contributed by atoms with Crippen LogP contribution in [0.2, 0.25) is 0 Å². The average molecular weight is 1310 g/mol. The zero-order chi connectivity index (χ0) is 67.4. The summed E-state index contributed by atoms with van der Waals surface area (Å²) in [7, 11) is 0. The maximum absolute atomic E-state index is 13.5. The van der Waals surface area contributed by atoms with Crippen LogP contribution in [0.1, 0.15) is 26.2 Å². The fourth-order valence-corrected chi connectivity index (χ4v) is 10.2. The van der Waals surface area contributed by atoms with Gasteiger partial charge in [-0.25, -0.2) is 14.4 Å². The molecule has 4 fully saturated rings. The fourth-order valence-electron chi connectivity index (χ4n) is 10.2. The number of carboxylic acid groups (broad SMARTS) is 3. The van der Waals surface area contributed by atoms with Gasteiger partial charge in [-0.2, -0.15) is 0 Å². The Kier molecular flexibility index (Phi) is 28.5. The highest BCUT2D eigenvalue weighted by molar-refractivity contribution is 5.80. The normalized spacial score (nSPS) is 35.9. The number of aliphatic hydroxyl groups excluding tert-OH is 20. The standard InChI is InChI=1S/C47H78N4O38/c1-14(60)48-15(5-52)37(84-41-36(75)35(74)32(71)21(7-54)83-41)31(70)20(65)13-82-45(42(76)77)2-16(61)28(50-25(67)11-58)39(87-45)33(72)22(8-55)86-47(44(80)81)4-18(63)29(51-26(68)12-59)40(89-47)34(73)23(9-56)85-46(43(78)79)3-17(62)27(49-24(66)10-57)38(88-46)30(69)19(64)6-53/h15-23,27-41,52-59,61-65,69-75H,2-13H2,1H3,(H,48,60)(H,49,66)(H,50,67)(H,51,68)(H,76,77)(H,78,79)(H,80,81)/t15-,16-,17-,18-,19+,20+,21+,22+,23+,27+,28+,29+,30+,31-,32-,33+,34+,35-,36+,37+,38+,39+,40+,41-,45+,46+,47+/m0/s1. The van der Waals surface area contributed by atoms with Gasteiger partial charge in [0.05, 0.1) is 82.1 Å². The third kappa shape index (κ3) is 17.9. The van der Waals surface area contributed by atoms with Gasteiger partial charge in [0.1, 0.15) is 117 Å². The molecule has 0 aromatic carbocycles. The summed E-state index contributed by atoms with van der Waals surface area (Å²) < 4.78 is 44.2. The molecule has 42 heteroatoms. The third-order valence-corrected chi connectivity index (χ3v) is 14.8. The third-order valence-electron chi connectivity index (χ3n) is 14.8. The minimum absolute atomic E-state index is 0.912.